The van der Waals surface area contributed by atoms with E-state index < -0.39 is 17.7 Å². The van der Waals surface area contributed by atoms with Gasteiger partial charge in [-0.3, -0.25) is 9.59 Å². The van der Waals surface area contributed by atoms with E-state index in [2.05, 4.69) is 5.32 Å². The number of carbonyl (C=O) groups excluding carboxylic acids is 3. The van der Waals surface area contributed by atoms with Gasteiger partial charge in [-0.05, 0) is 40.2 Å². The number of nitrogens with zero attached hydrogens (tertiary/aromatic N) is 1. The number of amides is 2. The number of nitrogens with one attached hydrogen (secondary N) is 1. The van der Waals surface area contributed by atoms with Crippen molar-refractivity contribution in [3.63, 3.8) is 0 Å². The van der Waals surface area contributed by atoms with Gasteiger partial charge in [0.05, 0.1) is 0 Å². The lowest BCUT2D eigenvalue weighted by atomic mass is 10.0. The molecule has 2 amide bonds. The summed E-state index contributed by atoms with van der Waals surface area (Å²) in [5.74, 6) is -0.194. The van der Waals surface area contributed by atoms with Gasteiger partial charge in [-0.1, -0.05) is 24.3 Å². The van der Waals surface area contributed by atoms with E-state index >= 15 is 0 Å². The fraction of sp³-hybridized carbons (Fsp3) is 0.526. The third-order valence-electron chi connectivity index (χ3n) is 3.67. The first-order valence-electron chi connectivity index (χ1n) is 8.34. The Kier molecular flexibility index (Phi) is 7.15. The first-order valence-corrected chi connectivity index (χ1v) is 8.34. The summed E-state index contributed by atoms with van der Waals surface area (Å²) in [7, 11) is 1.70. The Balaban J connectivity index is 2.95. The number of hydrogen-bond donors (Lipinski definition) is 1. The maximum atomic E-state index is 12.7. The molecule has 0 heterocycles. The standard InChI is InChI=1S/C19H28N2O4/c1-13(2)21(6)17(23)16(20-18(24)25-19(3,4)5)11-14-7-9-15(12-22)10-8-14/h7-10,12-13,16H,11H2,1-6H3,(H,20,24). The molecule has 25 heavy (non-hydrogen) atoms. The number of carbonyl (C=O) groups is 3. The summed E-state index contributed by atoms with van der Waals surface area (Å²) in [6.45, 7) is 9.11. The smallest absolute Gasteiger partial charge is 0.408 e. The molecule has 1 aromatic rings. The van der Waals surface area contributed by atoms with E-state index in [0.717, 1.165) is 11.8 Å². The molecule has 6 nitrogen and oxygen atoms in total. The lowest BCUT2D eigenvalue weighted by molar-refractivity contribution is -0.133. The van der Waals surface area contributed by atoms with E-state index in [4.69, 9.17) is 4.74 Å². The van der Waals surface area contributed by atoms with Crippen molar-refractivity contribution >= 4 is 18.3 Å². The van der Waals surface area contributed by atoms with E-state index in [9.17, 15) is 14.4 Å². The number of rotatable bonds is 6. The molecule has 0 saturated heterocycles. The van der Waals surface area contributed by atoms with Gasteiger partial charge in [-0.15, -0.1) is 0 Å². The van der Waals surface area contributed by atoms with Crippen molar-refractivity contribution < 1.29 is 19.1 Å². The van der Waals surface area contributed by atoms with Crippen molar-refractivity contribution in [1.82, 2.24) is 10.2 Å². The SMILES string of the molecule is CC(C)N(C)C(=O)C(Cc1ccc(C=O)cc1)NC(=O)OC(C)(C)C. The third-order valence-corrected chi connectivity index (χ3v) is 3.67. The molecule has 0 spiro atoms. The van der Waals surface area contributed by atoms with Crippen LogP contribution in [0.5, 0.6) is 0 Å². The highest BCUT2D eigenvalue weighted by molar-refractivity contribution is 5.86. The van der Waals surface area contributed by atoms with Crippen LogP contribution in [-0.4, -0.2) is 47.9 Å². The molecular weight excluding hydrogens is 320 g/mol. The van der Waals surface area contributed by atoms with Crippen molar-refractivity contribution in [3.8, 4) is 0 Å². The van der Waals surface area contributed by atoms with Gasteiger partial charge in [-0.2, -0.15) is 0 Å². The normalized spacial score (nSPS) is 12.4. The first kappa shape index (κ1) is 20.7. The topological polar surface area (TPSA) is 75.7 Å². The Morgan fingerprint density at radius 3 is 2.20 bits per heavy atom. The summed E-state index contributed by atoms with van der Waals surface area (Å²) in [5.41, 5.74) is 0.760. The molecule has 0 aliphatic rings. The maximum Gasteiger partial charge on any atom is 0.408 e. The fourth-order valence-electron chi connectivity index (χ4n) is 2.12. The van der Waals surface area contributed by atoms with Crippen LogP contribution in [0.1, 0.15) is 50.5 Å². The van der Waals surface area contributed by atoms with Crippen molar-refractivity contribution in [3.05, 3.63) is 35.4 Å². The van der Waals surface area contributed by atoms with Gasteiger partial charge in [0.25, 0.3) is 0 Å². The summed E-state index contributed by atoms with van der Waals surface area (Å²) in [4.78, 5) is 37.2. The number of benzene rings is 1. The monoisotopic (exact) mass is 348 g/mol. The van der Waals surface area contributed by atoms with E-state index in [1.807, 2.05) is 13.8 Å². The largest absolute Gasteiger partial charge is 0.444 e. The minimum absolute atomic E-state index is 0.00729. The number of hydrogen-bond acceptors (Lipinski definition) is 4. The van der Waals surface area contributed by atoms with Crippen LogP contribution in [0.15, 0.2) is 24.3 Å². The first-order chi connectivity index (χ1) is 11.5. The lowest BCUT2D eigenvalue weighted by Crippen LogP contribution is -2.51. The third kappa shape index (κ3) is 6.95. The Morgan fingerprint density at radius 2 is 1.76 bits per heavy atom. The van der Waals surface area contributed by atoms with E-state index in [-0.39, 0.29) is 11.9 Å². The van der Waals surface area contributed by atoms with Crippen LogP contribution >= 0.6 is 0 Å². The van der Waals surface area contributed by atoms with Gasteiger partial charge in [0, 0.05) is 25.1 Å². The molecule has 0 aliphatic carbocycles. The van der Waals surface area contributed by atoms with Gasteiger partial charge in [0.1, 0.15) is 17.9 Å². The van der Waals surface area contributed by atoms with Gasteiger partial charge >= 0.3 is 6.09 Å². The molecule has 1 N–H and O–H groups in total. The zero-order valence-corrected chi connectivity index (χ0v) is 15.8. The Hall–Kier alpha value is -2.37. The molecular formula is C19H28N2O4. The van der Waals surface area contributed by atoms with Crippen LogP contribution in [-0.2, 0) is 16.0 Å². The van der Waals surface area contributed by atoms with Crippen LogP contribution in [0, 0.1) is 0 Å². The van der Waals surface area contributed by atoms with Crippen molar-refractivity contribution in [1.29, 1.82) is 0 Å². The molecule has 138 valence electrons. The summed E-state index contributed by atoms with van der Waals surface area (Å²) in [6, 6.07) is 6.18. The molecule has 0 aromatic heterocycles. The highest BCUT2D eigenvalue weighted by atomic mass is 16.6. The Bertz CT molecular complexity index is 603. The minimum Gasteiger partial charge on any atom is -0.444 e. The molecule has 0 aliphatic heterocycles. The minimum atomic E-state index is -0.746. The van der Waals surface area contributed by atoms with E-state index in [1.54, 1.807) is 57.0 Å². The molecule has 0 saturated carbocycles. The van der Waals surface area contributed by atoms with Crippen molar-refractivity contribution in [2.75, 3.05) is 7.05 Å². The molecule has 1 aromatic carbocycles. The summed E-state index contributed by atoms with van der Waals surface area (Å²) in [5, 5.41) is 2.66. The summed E-state index contributed by atoms with van der Waals surface area (Å²) >= 11 is 0. The van der Waals surface area contributed by atoms with Gasteiger partial charge in [-0.25, -0.2) is 4.79 Å². The predicted molar refractivity (Wildman–Crippen MR) is 96.6 cm³/mol. The number of alkyl carbamates (subject to hydrolysis) is 1. The number of aldehydes is 1. The lowest BCUT2D eigenvalue weighted by Gasteiger charge is -2.28. The quantitative estimate of drug-likeness (QED) is 0.802. The average molecular weight is 348 g/mol. The number of likely N-dealkylation sites (N-methyl/N-ethyl adjacent to an activating group) is 1. The molecule has 1 rings (SSSR count). The summed E-state index contributed by atoms with van der Waals surface area (Å²) in [6.07, 6.45) is 0.444. The van der Waals surface area contributed by atoms with Gasteiger partial charge in [0.15, 0.2) is 0 Å². The highest BCUT2D eigenvalue weighted by Crippen LogP contribution is 2.11. The van der Waals surface area contributed by atoms with Crippen LogP contribution in [0.3, 0.4) is 0 Å². The van der Waals surface area contributed by atoms with Gasteiger partial charge < -0.3 is 15.0 Å². The average Bonchev–Trinajstić information content (AvgIpc) is 2.51. The zero-order valence-electron chi connectivity index (χ0n) is 15.8. The molecule has 0 bridgehead atoms. The van der Waals surface area contributed by atoms with Crippen LogP contribution < -0.4 is 5.32 Å². The maximum absolute atomic E-state index is 12.7. The van der Waals surface area contributed by atoms with Crippen molar-refractivity contribution in [2.24, 2.45) is 0 Å². The highest BCUT2D eigenvalue weighted by Gasteiger charge is 2.27. The second-order valence-electron chi connectivity index (χ2n) is 7.31. The molecule has 0 radical (unpaired) electrons. The summed E-state index contributed by atoms with van der Waals surface area (Å²) < 4.78 is 5.27. The number of ether oxygens (including phenoxy) is 1. The van der Waals surface area contributed by atoms with E-state index in [1.165, 1.54) is 0 Å². The van der Waals surface area contributed by atoms with Crippen LogP contribution in [0.4, 0.5) is 4.79 Å². The van der Waals surface area contributed by atoms with Gasteiger partial charge in [0.2, 0.25) is 5.91 Å². The Morgan fingerprint density at radius 1 is 1.20 bits per heavy atom. The van der Waals surface area contributed by atoms with Crippen LogP contribution in [0.2, 0.25) is 0 Å². The molecule has 1 unspecified atom stereocenters. The van der Waals surface area contributed by atoms with Crippen LogP contribution in [0.25, 0.3) is 0 Å². The fourth-order valence-corrected chi connectivity index (χ4v) is 2.12. The zero-order chi connectivity index (χ0) is 19.2. The molecule has 1 atom stereocenters. The predicted octanol–water partition coefficient (Wildman–Crippen LogP) is 2.80. The Labute approximate surface area is 149 Å². The second kappa shape index (κ2) is 8.65. The second-order valence-corrected chi connectivity index (χ2v) is 7.31. The molecule has 0 fully saturated rings. The van der Waals surface area contributed by atoms with Crippen molar-refractivity contribution in [2.45, 2.75) is 58.7 Å². The molecule has 6 heteroatoms. The van der Waals surface area contributed by atoms with E-state index in [0.29, 0.717) is 12.0 Å².